The van der Waals surface area contributed by atoms with Crippen molar-refractivity contribution < 1.29 is 9.59 Å². The molecule has 0 saturated carbocycles. The summed E-state index contributed by atoms with van der Waals surface area (Å²) < 4.78 is 0. The maximum absolute atomic E-state index is 10.7. The van der Waals surface area contributed by atoms with E-state index in [0.29, 0.717) is 4.88 Å². The monoisotopic (exact) mass is 227 g/mol. The standard InChI is InChI=1S/C8H11NOS.C3H6O/c1-2-3-6-4-5-7(11-6)8(9)10;1-3(2)4/h4-5H,2-3H2,1H3,(H2,9,10);1-2H3. The highest BCUT2D eigenvalue weighted by molar-refractivity contribution is 7.14. The molecule has 4 heteroatoms. The van der Waals surface area contributed by atoms with Crippen molar-refractivity contribution in [2.24, 2.45) is 5.73 Å². The van der Waals surface area contributed by atoms with Crippen molar-refractivity contribution in [1.29, 1.82) is 0 Å². The fraction of sp³-hybridized carbons (Fsp3) is 0.455. The molecule has 0 bridgehead atoms. The van der Waals surface area contributed by atoms with Crippen LogP contribution in [0.15, 0.2) is 12.1 Å². The van der Waals surface area contributed by atoms with E-state index in [1.165, 1.54) is 30.1 Å². The summed E-state index contributed by atoms with van der Waals surface area (Å²) in [6.45, 7) is 5.17. The second-order valence-electron chi connectivity index (χ2n) is 3.29. The van der Waals surface area contributed by atoms with E-state index >= 15 is 0 Å². The predicted molar refractivity (Wildman–Crippen MR) is 63.2 cm³/mol. The molecule has 0 atom stereocenters. The molecular formula is C11H17NO2S. The first kappa shape index (κ1) is 13.8. The van der Waals surface area contributed by atoms with Crippen molar-refractivity contribution in [3.05, 3.63) is 21.9 Å². The molecule has 0 spiro atoms. The molecule has 3 nitrogen and oxygen atoms in total. The Hall–Kier alpha value is -1.16. The van der Waals surface area contributed by atoms with Crippen LogP contribution in [-0.4, -0.2) is 11.7 Å². The number of thiophene rings is 1. The molecule has 1 rings (SSSR count). The molecule has 0 aliphatic carbocycles. The highest BCUT2D eigenvalue weighted by Gasteiger charge is 2.03. The van der Waals surface area contributed by atoms with Gasteiger partial charge < -0.3 is 10.5 Å². The summed E-state index contributed by atoms with van der Waals surface area (Å²) in [5, 5.41) is 0. The number of aryl methyl sites for hydroxylation is 1. The van der Waals surface area contributed by atoms with Crippen molar-refractivity contribution in [3.8, 4) is 0 Å². The molecule has 84 valence electrons. The lowest BCUT2D eigenvalue weighted by Crippen LogP contribution is -2.08. The smallest absolute Gasteiger partial charge is 0.258 e. The van der Waals surface area contributed by atoms with Crippen LogP contribution in [0.2, 0.25) is 0 Å². The van der Waals surface area contributed by atoms with Gasteiger partial charge >= 0.3 is 0 Å². The number of amides is 1. The Balaban J connectivity index is 0.000000423. The Morgan fingerprint density at radius 2 is 1.87 bits per heavy atom. The number of hydrogen-bond acceptors (Lipinski definition) is 3. The van der Waals surface area contributed by atoms with E-state index in [4.69, 9.17) is 5.73 Å². The van der Waals surface area contributed by atoms with E-state index in [9.17, 15) is 9.59 Å². The summed E-state index contributed by atoms with van der Waals surface area (Å²) in [6, 6.07) is 3.76. The van der Waals surface area contributed by atoms with Gasteiger partial charge in [-0.05, 0) is 32.4 Å². The largest absolute Gasteiger partial charge is 0.365 e. The van der Waals surface area contributed by atoms with Gasteiger partial charge in [-0.3, -0.25) is 4.79 Å². The molecule has 2 N–H and O–H groups in total. The first-order valence-electron chi connectivity index (χ1n) is 4.83. The third-order valence-corrected chi connectivity index (χ3v) is 2.56. The van der Waals surface area contributed by atoms with Crippen LogP contribution < -0.4 is 5.73 Å². The molecule has 0 aliphatic rings. The van der Waals surface area contributed by atoms with Crippen molar-refractivity contribution >= 4 is 23.0 Å². The summed E-state index contributed by atoms with van der Waals surface area (Å²) in [5.74, 6) is -0.155. The van der Waals surface area contributed by atoms with E-state index in [2.05, 4.69) is 6.92 Å². The third-order valence-electron chi connectivity index (χ3n) is 1.40. The van der Waals surface area contributed by atoms with Gasteiger partial charge in [0.1, 0.15) is 5.78 Å². The maximum Gasteiger partial charge on any atom is 0.258 e. The Bertz CT molecular complexity index is 327. The molecule has 0 saturated heterocycles. The first-order chi connectivity index (χ1) is 6.97. The van der Waals surface area contributed by atoms with Gasteiger partial charge in [0, 0.05) is 4.88 Å². The van der Waals surface area contributed by atoms with E-state index < -0.39 is 0 Å². The molecule has 0 aromatic carbocycles. The van der Waals surface area contributed by atoms with E-state index in [1.807, 2.05) is 6.07 Å². The van der Waals surface area contributed by atoms with Gasteiger partial charge in [-0.15, -0.1) is 11.3 Å². The average molecular weight is 227 g/mol. The molecule has 0 unspecified atom stereocenters. The van der Waals surface area contributed by atoms with Gasteiger partial charge in [-0.1, -0.05) is 13.3 Å². The fourth-order valence-electron chi connectivity index (χ4n) is 0.891. The zero-order chi connectivity index (χ0) is 11.8. The lowest BCUT2D eigenvalue weighted by atomic mass is 10.3. The van der Waals surface area contributed by atoms with E-state index in [0.717, 1.165) is 12.8 Å². The number of nitrogens with two attached hydrogens (primary N) is 1. The fourth-order valence-corrected chi connectivity index (χ4v) is 1.85. The summed E-state index contributed by atoms with van der Waals surface area (Å²) in [5.41, 5.74) is 5.09. The maximum atomic E-state index is 10.7. The topological polar surface area (TPSA) is 60.2 Å². The van der Waals surface area contributed by atoms with E-state index in [1.54, 1.807) is 6.07 Å². The van der Waals surface area contributed by atoms with Crippen molar-refractivity contribution in [2.75, 3.05) is 0 Å². The number of carbonyl (C=O) groups is 2. The van der Waals surface area contributed by atoms with Gasteiger partial charge in [0.15, 0.2) is 0 Å². The second kappa shape index (κ2) is 7.17. The molecule has 1 aromatic heterocycles. The molecule has 1 amide bonds. The SMILES string of the molecule is CC(C)=O.CCCc1ccc(C(N)=O)s1. The van der Waals surface area contributed by atoms with Crippen molar-refractivity contribution in [1.82, 2.24) is 0 Å². The minimum atomic E-state index is -0.322. The molecule has 0 aliphatic heterocycles. The van der Waals surface area contributed by atoms with Gasteiger partial charge in [0.05, 0.1) is 4.88 Å². The van der Waals surface area contributed by atoms with E-state index in [-0.39, 0.29) is 11.7 Å². The highest BCUT2D eigenvalue weighted by atomic mass is 32.1. The van der Waals surface area contributed by atoms with Gasteiger partial charge in [-0.25, -0.2) is 0 Å². The highest BCUT2D eigenvalue weighted by Crippen LogP contribution is 2.16. The first-order valence-corrected chi connectivity index (χ1v) is 5.64. The number of rotatable bonds is 3. The molecule has 1 heterocycles. The molecular weight excluding hydrogens is 210 g/mol. The number of carbonyl (C=O) groups excluding carboxylic acids is 2. The quantitative estimate of drug-likeness (QED) is 0.862. The average Bonchev–Trinajstić information content (AvgIpc) is 2.52. The summed E-state index contributed by atoms with van der Waals surface area (Å²) in [7, 11) is 0. The molecule has 1 aromatic rings. The van der Waals surface area contributed by atoms with Gasteiger partial charge in [-0.2, -0.15) is 0 Å². The van der Waals surface area contributed by atoms with Crippen molar-refractivity contribution in [3.63, 3.8) is 0 Å². The minimum Gasteiger partial charge on any atom is -0.365 e. The minimum absolute atomic E-state index is 0.167. The Morgan fingerprint density at radius 1 is 1.33 bits per heavy atom. The summed E-state index contributed by atoms with van der Waals surface area (Å²) >= 11 is 1.49. The molecule has 15 heavy (non-hydrogen) atoms. The summed E-state index contributed by atoms with van der Waals surface area (Å²) in [6.07, 6.45) is 2.15. The molecule has 0 fully saturated rings. The predicted octanol–water partition coefficient (Wildman–Crippen LogP) is 2.39. The number of hydrogen-bond donors (Lipinski definition) is 1. The van der Waals surface area contributed by atoms with Gasteiger partial charge in [0.25, 0.3) is 5.91 Å². The Morgan fingerprint density at radius 3 is 2.20 bits per heavy atom. The number of Topliss-reactive ketones (excluding diaryl/α,β-unsaturated/α-hetero) is 1. The van der Waals surface area contributed by atoms with Crippen LogP contribution in [0.25, 0.3) is 0 Å². The zero-order valence-corrected chi connectivity index (χ0v) is 10.2. The number of primary amides is 1. The normalized spacial score (nSPS) is 9.00. The Labute approximate surface area is 94.3 Å². The molecule has 0 radical (unpaired) electrons. The van der Waals surface area contributed by atoms with Crippen LogP contribution in [0.1, 0.15) is 41.7 Å². The van der Waals surface area contributed by atoms with Crippen LogP contribution >= 0.6 is 11.3 Å². The van der Waals surface area contributed by atoms with Crippen LogP contribution in [0.5, 0.6) is 0 Å². The van der Waals surface area contributed by atoms with Crippen LogP contribution in [0.4, 0.5) is 0 Å². The summed E-state index contributed by atoms with van der Waals surface area (Å²) in [4.78, 5) is 22.0. The Kier molecular flexibility index (Phi) is 6.62. The van der Waals surface area contributed by atoms with Crippen LogP contribution in [0, 0.1) is 0 Å². The van der Waals surface area contributed by atoms with Crippen LogP contribution in [-0.2, 0) is 11.2 Å². The second-order valence-corrected chi connectivity index (χ2v) is 4.46. The lowest BCUT2D eigenvalue weighted by molar-refractivity contribution is -0.114. The zero-order valence-electron chi connectivity index (χ0n) is 9.37. The third kappa shape index (κ3) is 6.85. The number of ketones is 1. The van der Waals surface area contributed by atoms with Crippen molar-refractivity contribution in [2.45, 2.75) is 33.6 Å². The van der Waals surface area contributed by atoms with Crippen LogP contribution in [0.3, 0.4) is 0 Å². The lowest BCUT2D eigenvalue weighted by Gasteiger charge is -1.88. The van der Waals surface area contributed by atoms with Gasteiger partial charge in [0.2, 0.25) is 0 Å².